The van der Waals surface area contributed by atoms with Gasteiger partial charge in [0.05, 0.1) is 23.6 Å². The lowest BCUT2D eigenvalue weighted by Gasteiger charge is -2.23. The molecule has 2 aromatic heterocycles. The van der Waals surface area contributed by atoms with E-state index in [9.17, 15) is 0 Å². The summed E-state index contributed by atoms with van der Waals surface area (Å²) in [4.78, 5) is 9.06. The number of hydrogen-bond donors (Lipinski definition) is 1. The maximum Gasteiger partial charge on any atom is 0.146 e. The molecule has 0 spiro atoms. The highest BCUT2D eigenvalue weighted by Gasteiger charge is 2.22. The molecule has 0 aliphatic heterocycles. The highest BCUT2D eigenvalue weighted by atomic mass is 16.5. The topological polar surface area (TPSA) is 61.2 Å². The van der Waals surface area contributed by atoms with E-state index in [0.717, 1.165) is 44.5 Å². The van der Waals surface area contributed by atoms with E-state index >= 15 is 0 Å². The minimum atomic E-state index is -0.315. The summed E-state index contributed by atoms with van der Waals surface area (Å²) < 4.78 is 13.7. The summed E-state index contributed by atoms with van der Waals surface area (Å²) in [5.41, 5.74) is 2.79. The molecule has 0 saturated heterocycles. The van der Waals surface area contributed by atoms with Crippen molar-refractivity contribution in [3.63, 3.8) is 0 Å². The van der Waals surface area contributed by atoms with E-state index in [1.54, 1.807) is 13.4 Å². The molecular formula is C25H30N4O2. The van der Waals surface area contributed by atoms with Crippen LogP contribution in [0.25, 0.3) is 32.9 Å². The predicted molar refractivity (Wildman–Crippen MR) is 127 cm³/mol. The highest BCUT2D eigenvalue weighted by molar-refractivity contribution is 6.03. The predicted octanol–water partition coefficient (Wildman–Crippen LogP) is 5.51. The number of hydrogen-bond acceptors (Lipinski definition) is 5. The van der Waals surface area contributed by atoms with Crippen LogP contribution in [0.2, 0.25) is 0 Å². The molecule has 0 unspecified atom stereocenters. The van der Waals surface area contributed by atoms with E-state index in [0.29, 0.717) is 6.54 Å². The van der Waals surface area contributed by atoms with Gasteiger partial charge >= 0.3 is 0 Å². The van der Waals surface area contributed by atoms with Gasteiger partial charge in [-0.3, -0.25) is 0 Å². The van der Waals surface area contributed by atoms with Crippen molar-refractivity contribution in [1.82, 2.24) is 14.5 Å². The first-order chi connectivity index (χ1) is 14.8. The Kier molecular flexibility index (Phi) is 5.58. The molecule has 0 bridgehead atoms. The molecule has 0 atom stereocenters. The molecule has 0 aliphatic rings. The zero-order chi connectivity index (χ0) is 22.2. The molecule has 162 valence electrons. The quantitative estimate of drug-likeness (QED) is 0.429. The Bertz CT molecular complexity index is 1230. The van der Waals surface area contributed by atoms with Crippen LogP contribution in [0.1, 0.15) is 27.7 Å². The van der Waals surface area contributed by atoms with Gasteiger partial charge in [0.1, 0.15) is 23.5 Å². The van der Waals surface area contributed by atoms with Gasteiger partial charge in [0, 0.05) is 25.9 Å². The molecule has 6 nitrogen and oxygen atoms in total. The fourth-order valence-corrected chi connectivity index (χ4v) is 3.86. The molecule has 2 aromatic carbocycles. The first-order valence-electron chi connectivity index (χ1n) is 10.6. The molecule has 0 amide bonds. The average molecular weight is 419 g/mol. The Labute approximate surface area is 183 Å². The average Bonchev–Trinajstić information content (AvgIpc) is 3.11. The van der Waals surface area contributed by atoms with Gasteiger partial charge in [-0.15, -0.1) is 0 Å². The summed E-state index contributed by atoms with van der Waals surface area (Å²) in [5.74, 6) is 1.70. The number of ether oxygens (including phenoxy) is 2. The van der Waals surface area contributed by atoms with Crippen LogP contribution in [0.3, 0.4) is 0 Å². The number of methoxy groups -OCH3 is 1. The molecule has 4 aromatic rings. The van der Waals surface area contributed by atoms with Crippen LogP contribution in [0.15, 0.2) is 48.9 Å². The van der Waals surface area contributed by atoms with Crippen LogP contribution in [0.4, 0.5) is 5.82 Å². The van der Waals surface area contributed by atoms with E-state index in [-0.39, 0.29) is 11.7 Å². The molecule has 0 saturated carbocycles. The molecule has 2 heterocycles. The zero-order valence-electron chi connectivity index (χ0n) is 19.1. The van der Waals surface area contributed by atoms with E-state index in [1.165, 1.54) is 0 Å². The van der Waals surface area contributed by atoms with Gasteiger partial charge in [-0.2, -0.15) is 0 Å². The van der Waals surface area contributed by atoms with Gasteiger partial charge in [0.15, 0.2) is 0 Å². The second-order valence-electron chi connectivity index (χ2n) is 8.70. The number of fused-ring (bicyclic) bond motifs is 2. The fourth-order valence-electron chi connectivity index (χ4n) is 3.86. The fraction of sp³-hybridized carbons (Fsp3) is 0.360. The van der Waals surface area contributed by atoms with Gasteiger partial charge in [-0.05, 0) is 62.2 Å². The number of benzene rings is 2. The molecule has 1 N–H and O–H groups in total. The van der Waals surface area contributed by atoms with Gasteiger partial charge in [0.2, 0.25) is 0 Å². The Hall–Kier alpha value is -3.12. The molecular weight excluding hydrogens is 388 g/mol. The van der Waals surface area contributed by atoms with E-state index in [2.05, 4.69) is 70.2 Å². The summed E-state index contributed by atoms with van der Waals surface area (Å²) >= 11 is 0. The van der Waals surface area contributed by atoms with Crippen LogP contribution < -0.4 is 10.1 Å². The Morgan fingerprint density at radius 1 is 1.06 bits per heavy atom. The van der Waals surface area contributed by atoms with Crippen molar-refractivity contribution in [3.8, 4) is 16.9 Å². The molecule has 4 rings (SSSR count). The summed E-state index contributed by atoms with van der Waals surface area (Å²) in [6.07, 6.45) is 3.91. The lowest BCUT2D eigenvalue weighted by atomic mass is 10.0. The molecule has 0 radical (unpaired) electrons. The maximum atomic E-state index is 5.85. The van der Waals surface area contributed by atoms with Gasteiger partial charge in [-0.25, -0.2) is 9.97 Å². The van der Waals surface area contributed by atoms with Gasteiger partial charge < -0.3 is 19.4 Å². The van der Waals surface area contributed by atoms with Crippen molar-refractivity contribution in [1.29, 1.82) is 0 Å². The van der Waals surface area contributed by atoms with E-state index in [4.69, 9.17) is 9.47 Å². The smallest absolute Gasteiger partial charge is 0.146 e. The second kappa shape index (κ2) is 8.19. The zero-order valence-corrected chi connectivity index (χ0v) is 19.1. The number of nitrogens with one attached hydrogen (secondary N) is 1. The lowest BCUT2D eigenvalue weighted by molar-refractivity contribution is 0.00904. The molecule has 0 aliphatic carbocycles. The Morgan fingerprint density at radius 2 is 1.81 bits per heavy atom. The third-order valence-corrected chi connectivity index (χ3v) is 5.49. The normalized spacial score (nSPS) is 12.1. The third-order valence-electron chi connectivity index (χ3n) is 5.49. The van der Waals surface area contributed by atoms with Gasteiger partial charge in [0.25, 0.3) is 0 Å². The number of rotatable bonds is 7. The maximum absolute atomic E-state index is 5.85. The standard InChI is InChI=1S/C25H30N4O2/c1-16(2)31-20-10-9-17-11-19(8-7-18(17)12-20)21-13-29(14-25(3,4)30-6)24-22(21)23(26-5)27-15-28-24/h7-13,15-16H,14H2,1-6H3,(H,26,27,28). The van der Waals surface area contributed by atoms with Crippen LogP contribution in [-0.4, -0.2) is 40.4 Å². The Balaban J connectivity index is 1.85. The minimum absolute atomic E-state index is 0.152. The van der Waals surface area contributed by atoms with E-state index < -0.39 is 0 Å². The summed E-state index contributed by atoms with van der Waals surface area (Å²) in [6, 6.07) is 12.7. The molecule has 0 fully saturated rings. The summed E-state index contributed by atoms with van der Waals surface area (Å²) in [5, 5.41) is 6.54. The largest absolute Gasteiger partial charge is 0.491 e. The van der Waals surface area contributed by atoms with Gasteiger partial charge in [-0.1, -0.05) is 18.2 Å². The van der Waals surface area contributed by atoms with Crippen molar-refractivity contribution in [2.45, 2.75) is 45.9 Å². The van der Waals surface area contributed by atoms with Crippen LogP contribution in [-0.2, 0) is 11.3 Å². The monoisotopic (exact) mass is 418 g/mol. The van der Waals surface area contributed by atoms with Crippen LogP contribution >= 0.6 is 0 Å². The van der Waals surface area contributed by atoms with Crippen LogP contribution in [0.5, 0.6) is 5.75 Å². The van der Waals surface area contributed by atoms with Crippen molar-refractivity contribution >= 4 is 27.6 Å². The first kappa shape index (κ1) is 21.1. The van der Waals surface area contributed by atoms with Crippen molar-refractivity contribution in [2.75, 3.05) is 19.5 Å². The number of anilines is 1. The lowest BCUT2D eigenvalue weighted by Crippen LogP contribution is -2.28. The number of nitrogens with zero attached hydrogens (tertiary/aromatic N) is 3. The summed E-state index contributed by atoms with van der Waals surface area (Å²) in [7, 11) is 3.62. The molecule has 6 heteroatoms. The third kappa shape index (κ3) is 4.21. The summed E-state index contributed by atoms with van der Waals surface area (Å²) in [6.45, 7) is 8.91. The number of aromatic nitrogens is 3. The van der Waals surface area contributed by atoms with Crippen molar-refractivity contribution < 1.29 is 9.47 Å². The van der Waals surface area contributed by atoms with Crippen LogP contribution in [0, 0.1) is 0 Å². The van der Waals surface area contributed by atoms with Crippen molar-refractivity contribution in [3.05, 3.63) is 48.9 Å². The highest BCUT2D eigenvalue weighted by Crippen LogP contribution is 2.36. The molecule has 31 heavy (non-hydrogen) atoms. The van der Waals surface area contributed by atoms with E-state index in [1.807, 2.05) is 27.0 Å². The first-order valence-corrected chi connectivity index (χ1v) is 10.6. The SMILES string of the molecule is CNc1ncnc2c1c(-c1ccc3cc(OC(C)C)ccc3c1)cn2CC(C)(C)OC. The second-order valence-corrected chi connectivity index (χ2v) is 8.70. The Morgan fingerprint density at radius 3 is 2.52 bits per heavy atom. The van der Waals surface area contributed by atoms with Crippen molar-refractivity contribution in [2.24, 2.45) is 0 Å². The minimum Gasteiger partial charge on any atom is -0.491 e.